The molecule has 3 amide bonds. The summed E-state index contributed by atoms with van der Waals surface area (Å²) in [4.78, 5) is 56.6. The minimum atomic E-state index is -0.695. The zero-order valence-corrected chi connectivity index (χ0v) is 29.3. The molecule has 0 radical (unpaired) electrons. The van der Waals surface area contributed by atoms with E-state index in [9.17, 15) is 24.5 Å². The van der Waals surface area contributed by atoms with Crippen LogP contribution in [0.5, 0.6) is 0 Å². The average Bonchev–Trinajstić information content (AvgIpc) is 3.63. The Hall–Kier alpha value is -6.37. The van der Waals surface area contributed by atoms with Crippen LogP contribution in [-0.4, -0.2) is 27.6 Å². The van der Waals surface area contributed by atoms with Gasteiger partial charge in [0.15, 0.2) is 5.13 Å². The molecule has 258 valence electrons. The average molecular weight is 726 g/mol. The Morgan fingerprint density at radius 3 is 2.31 bits per heavy atom. The molecule has 12 heteroatoms. The van der Waals surface area contributed by atoms with Crippen LogP contribution in [0.15, 0.2) is 149 Å². The van der Waals surface area contributed by atoms with Gasteiger partial charge in [-0.2, -0.15) is 0 Å². The highest BCUT2D eigenvalue weighted by Gasteiger charge is 2.24. The molecule has 0 spiro atoms. The van der Waals surface area contributed by atoms with Crippen molar-refractivity contribution in [2.75, 3.05) is 10.6 Å². The summed E-state index contributed by atoms with van der Waals surface area (Å²) in [5.74, 6) is -1.26. The molecule has 0 aliphatic rings. The highest BCUT2D eigenvalue weighted by molar-refractivity contribution is 8.00. The molecule has 0 saturated carbocycles. The number of amides is 3. The van der Waals surface area contributed by atoms with Crippen molar-refractivity contribution in [1.82, 2.24) is 10.3 Å². The Labute approximate surface area is 307 Å². The van der Waals surface area contributed by atoms with Gasteiger partial charge in [0.2, 0.25) is 5.91 Å². The molecule has 3 N–H and O–H groups in total. The quantitative estimate of drug-likeness (QED) is 0.0495. The molecule has 0 aliphatic heterocycles. The second-order valence-electron chi connectivity index (χ2n) is 11.5. The second kappa shape index (κ2) is 16.6. The predicted octanol–water partition coefficient (Wildman–Crippen LogP) is 8.91. The first-order valence-electron chi connectivity index (χ1n) is 16.0. The van der Waals surface area contributed by atoms with Crippen LogP contribution in [0.25, 0.3) is 17.3 Å². The second-order valence-corrected chi connectivity index (χ2v) is 13.6. The number of aryl methyl sites for hydroxylation is 1. The molecule has 6 rings (SSSR count). The van der Waals surface area contributed by atoms with Crippen molar-refractivity contribution in [3.05, 3.63) is 177 Å². The van der Waals surface area contributed by atoms with E-state index in [1.165, 1.54) is 35.2 Å². The lowest BCUT2D eigenvalue weighted by Gasteiger charge is -2.17. The van der Waals surface area contributed by atoms with Gasteiger partial charge in [-0.05, 0) is 54.5 Å². The fourth-order valence-corrected chi connectivity index (χ4v) is 6.97. The molecule has 0 aliphatic carbocycles. The maximum absolute atomic E-state index is 13.8. The highest BCUT2D eigenvalue weighted by atomic mass is 32.2. The van der Waals surface area contributed by atoms with Crippen LogP contribution >= 0.6 is 23.1 Å². The number of non-ortho nitro benzene ring substituents is 1. The minimum absolute atomic E-state index is 0.0505. The number of thioether (sulfide) groups is 1. The molecule has 0 saturated heterocycles. The number of benzene rings is 5. The topological polar surface area (TPSA) is 143 Å². The molecule has 1 unspecified atom stereocenters. The smallest absolute Gasteiger partial charge is 0.272 e. The summed E-state index contributed by atoms with van der Waals surface area (Å²) in [6.45, 7) is 1.94. The standard InChI is InChI=1S/C40H31N5O5S2/c1-26-11-8-12-27(21-26)22-34(42-37(46)29-15-6-3-7-16-29)38(47)41-31-18-10-20-33(24-31)52-36(28-13-4-2-5-14-28)39(48)44-40-43-35(25-51-40)30-17-9-19-32(23-30)45(49)50/h2-25,36H,1H3,(H,41,47)(H,42,46)(H,43,44,48)/b34-22+. The Morgan fingerprint density at radius 2 is 1.56 bits per heavy atom. The van der Waals surface area contributed by atoms with Crippen molar-refractivity contribution in [3.63, 3.8) is 0 Å². The first-order chi connectivity index (χ1) is 25.2. The molecular formula is C40H31N5O5S2. The maximum Gasteiger partial charge on any atom is 0.272 e. The molecule has 1 aromatic heterocycles. The van der Waals surface area contributed by atoms with Gasteiger partial charge in [-0.3, -0.25) is 24.5 Å². The van der Waals surface area contributed by atoms with Gasteiger partial charge in [-0.25, -0.2) is 4.98 Å². The molecule has 10 nitrogen and oxygen atoms in total. The van der Waals surface area contributed by atoms with Gasteiger partial charge < -0.3 is 16.0 Å². The Morgan fingerprint density at radius 1 is 0.827 bits per heavy atom. The van der Waals surface area contributed by atoms with Crippen LogP contribution in [0.4, 0.5) is 16.5 Å². The first-order valence-corrected chi connectivity index (χ1v) is 17.8. The van der Waals surface area contributed by atoms with Crippen LogP contribution in [0.2, 0.25) is 0 Å². The van der Waals surface area contributed by atoms with Gasteiger partial charge in [0.05, 0.1) is 10.6 Å². The normalized spacial score (nSPS) is 11.7. The van der Waals surface area contributed by atoms with E-state index in [1.54, 1.807) is 66.1 Å². The number of thiazole rings is 1. The third-order valence-corrected chi connectivity index (χ3v) is 9.66. The van der Waals surface area contributed by atoms with Crippen molar-refractivity contribution in [2.24, 2.45) is 0 Å². The molecule has 0 fully saturated rings. The van der Waals surface area contributed by atoms with Gasteiger partial charge in [0.1, 0.15) is 10.9 Å². The van der Waals surface area contributed by atoms with E-state index in [1.807, 2.05) is 73.7 Å². The zero-order chi connectivity index (χ0) is 36.5. The molecule has 0 bridgehead atoms. The first kappa shape index (κ1) is 35.5. The summed E-state index contributed by atoms with van der Waals surface area (Å²) in [6.07, 6.45) is 1.63. The van der Waals surface area contributed by atoms with E-state index in [-0.39, 0.29) is 17.3 Å². The number of rotatable bonds is 12. The lowest BCUT2D eigenvalue weighted by atomic mass is 10.1. The van der Waals surface area contributed by atoms with Gasteiger partial charge in [-0.1, -0.05) is 96.6 Å². The van der Waals surface area contributed by atoms with Gasteiger partial charge >= 0.3 is 0 Å². The maximum atomic E-state index is 13.8. The van der Waals surface area contributed by atoms with Gasteiger partial charge in [0, 0.05) is 39.2 Å². The number of hydrogen-bond acceptors (Lipinski definition) is 8. The summed E-state index contributed by atoms with van der Waals surface area (Å²) < 4.78 is 0. The van der Waals surface area contributed by atoms with Crippen molar-refractivity contribution in [1.29, 1.82) is 0 Å². The van der Waals surface area contributed by atoms with Crippen LogP contribution in [-0.2, 0) is 9.59 Å². The molecule has 1 atom stereocenters. The Bertz CT molecular complexity index is 2280. The number of nitro groups is 1. The van der Waals surface area contributed by atoms with Crippen LogP contribution in [0, 0.1) is 17.0 Å². The minimum Gasteiger partial charge on any atom is -0.321 e. The van der Waals surface area contributed by atoms with Gasteiger partial charge in [-0.15, -0.1) is 23.1 Å². The number of nitrogens with one attached hydrogen (secondary N) is 3. The molecule has 5 aromatic carbocycles. The molecule has 1 heterocycles. The third-order valence-electron chi connectivity index (χ3n) is 7.66. The fourth-order valence-electron chi connectivity index (χ4n) is 5.16. The summed E-state index contributed by atoms with van der Waals surface area (Å²) in [5, 5.41) is 21.2. The highest BCUT2D eigenvalue weighted by Crippen LogP contribution is 2.38. The monoisotopic (exact) mass is 725 g/mol. The largest absolute Gasteiger partial charge is 0.321 e. The lowest BCUT2D eigenvalue weighted by Crippen LogP contribution is -2.30. The number of aromatic nitrogens is 1. The number of nitrogens with zero attached hydrogens (tertiary/aromatic N) is 2. The zero-order valence-electron chi connectivity index (χ0n) is 27.7. The van der Waals surface area contributed by atoms with E-state index in [0.717, 1.165) is 16.7 Å². The number of carbonyl (C=O) groups excluding carboxylic acids is 3. The van der Waals surface area contributed by atoms with E-state index in [0.29, 0.717) is 32.5 Å². The molecule has 52 heavy (non-hydrogen) atoms. The lowest BCUT2D eigenvalue weighted by molar-refractivity contribution is -0.384. The molecule has 6 aromatic rings. The number of nitro benzene ring substituents is 1. The van der Waals surface area contributed by atoms with E-state index < -0.39 is 22.0 Å². The van der Waals surface area contributed by atoms with Gasteiger partial charge in [0.25, 0.3) is 17.5 Å². The van der Waals surface area contributed by atoms with Crippen molar-refractivity contribution >= 4 is 63.4 Å². The fraction of sp³-hybridized carbons (Fsp3) is 0.0500. The van der Waals surface area contributed by atoms with Crippen LogP contribution in [0.1, 0.15) is 32.3 Å². The van der Waals surface area contributed by atoms with Crippen LogP contribution in [0.3, 0.4) is 0 Å². The third kappa shape index (κ3) is 9.24. The van der Waals surface area contributed by atoms with Crippen molar-refractivity contribution in [2.45, 2.75) is 17.1 Å². The van der Waals surface area contributed by atoms with Crippen LogP contribution < -0.4 is 16.0 Å². The number of hydrogen-bond donors (Lipinski definition) is 3. The Balaban J connectivity index is 1.21. The van der Waals surface area contributed by atoms with Crippen molar-refractivity contribution < 1.29 is 19.3 Å². The summed E-state index contributed by atoms with van der Waals surface area (Å²) in [5.41, 5.74) is 4.46. The number of anilines is 2. The van der Waals surface area contributed by atoms with E-state index in [2.05, 4.69) is 20.9 Å². The number of carbonyl (C=O) groups is 3. The summed E-state index contributed by atoms with van der Waals surface area (Å²) in [7, 11) is 0. The molecular weight excluding hydrogens is 695 g/mol. The Kier molecular flexibility index (Phi) is 11.3. The summed E-state index contributed by atoms with van der Waals surface area (Å²) in [6, 6.07) is 38.8. The van der Waals surface area contributed by atoms with E-state index >= 15 is 0 Å². The summed E-state index contributed by atoms with van der Waals surface area (Å²) >= 11 is 2.51. The predicted molar refractivity (Wildman–Crippen MR) is 206 cm³/mol. The van der Waals surface area contributed by atoms with E-state index in [4.69, 9.17) is 0 Å². The SMILES string of the molecule is Cc1cccc(/C=C(/NC(=O)c2ccccc2)C(=O)Nc2cccc(SC(C(=O)Nc3nc(-c4cccc([N+](=O)[O-])c4)cs3)c3ccccc3)c2)c1. The van der Waals surface area contributed by atoms with Crippen molar-refractivity contribution in [3.8, 4) is 11.3 Å².